The van der Waals surface area contributed by atoms with Crippen molar-refractivity contribution < 1.29 is 22.9 Å². The van der Waals surface area contributed by atoms with Gasteiger partial charge in [0.25, 0.3) is 5.82 Å². The molecule has 1 saturated heterocycles. The fourth-order valence-corrected chi connectivity index (χ4v) is 3.37. The summed E-state index contributed by atoms with van der Waals surface area (Å²) in [6, 6.07) is 4.29. The van der Waals surface area contributed by atoms with E-state index in [1.165, 1.54) is 18.3 Å². The molecule has 11 nitrogen and oxygen atoms in total. The number of anilines is 2. The highest BCUT2D eigenvalue weighted by atomic mass is 19.4. The minimum absolute atomic E-state index is 0.0238. The second kappa shape index (κ2) is 7.77. The lowest BCUT2D eigenvalue weighted by molar-refractivity contribution is -0.384. The van der Waals surface area contributed by atoms with Crippen molar-refractivity contribution in [3.05, 3.63) is 46.5 Å². The largest absolute Gasteiger partial charge is 0.453 e. The number of hydrogen-bond donors (Lipinski definition) is 1. The molecule has 4 heterocycles. The molecule has 162 valence electrons. The summed E-state index contributed by atoms with van der Waals surface area (Å²) in [4.78, 5) is 28.4. The molecule has 31 heavy (non-hydrogen) atoms. The number of aromatic nitrogens is 5. The van der Waals surface area contributed by atoms with Gasteiger partial charge in [0, 0.05) is 25.2 Å². The zero-order valence-corrected chi connectivity index (χ0v) is 15.8. The van der Waals surface area contributed by atoms with Crippen LogP contribution in [0.15, 0.2) is 30.6 Å². The molecule has 0 aromatic carbocycles. The number of alkyl halides is 3. The summed E-state index contributed by atoms with van der Waals surface area (Å²) in [6.45, 7) is 0.747. The second-order valence-corrected chi connectivity index (χ2v) is 6.88. The van der Waals surface area contributed by atoms with Gasteiger partial charge in [-0.05, 0) is 31.0 Å². The first-order valence-electron chi connectivity index (χ1n) is 9.18. The number of fused-ring (bicyclic) bond motifs is 1. The average Bonchev–Trinajstić information content (AvgIpc) is 3.18. The number of hydrogen-bond acceptors (Lipinski definition) is 8. The molecular formula is C17H15F3N8O3. The van der Waals surface area contributed by atoms with Crippen LogP contribution in [-0.4, -0.2) is 48.7 Å². The maximum atomic E-state index is 13.1. The molecule has 14 heteroatoms. The molecular weight excluding hydrogens is 421 g/mol. The van der Waals surface area contributed by atoms with Gasteiger partial charge in [0.2, 0.25) is 5.91 Å². The highest BCUT2D eigenvalue weighted by Gasteiger charge is 2.38. The Bertz CT molecular complexity index is 1140. The molecule has 0 unspecified atom stereocenters. The summed E-state index contributed by atoms with van der Waals surface area (Å²) < 4.78 is 39.8. The van der Waals surface area contributed by atoms with Gasteiger partial charge in [0.05, 0.1) is 4.92 Å². The van der Waals surface area contributed by atoms with Gasteiger partial charge in [0.1, 0.15) is 17.7 Å². The summed E-state index contributed by atoms with van der Waals surface area (Å²) >= 11 is 0. The molecule has 0 radical (unpaired) electrons. The molecule has 0 saturated carbocycles. The molecule has 0 bridgehead atoms. The Morgan fingerprint density at radius 2 is 1.94 bits per heavy atom. The molecule has 3 aromatic rings. The van der Waals surface area contributed by atoms with E-state index in [0.29, 0.717) is 36.3 Å². The van der Waals surface area contributed by atoms with Gasteiger partial charge in [-0.2, -0.15) is 17.7 Å². The molecule has 1 fully saturated rings. The molecule has 4 rings (SSSR count). The molecule has 0 atom stereocenters. The highest BCUT2D eigenvalue weighted by Crippen LogP contribution is 2.29. The molecule has 0 spiro atoms. The molecule has 0 aliphatic carbocycles. The van der Waals surface area contributed by atoms with Crippen molar-refractivity contribution in [1.29, 1.82) is 0 Å². The van der Waals surface area contributed by atoms with Crippen LogP contribution in [0.3, 0.4) is 0 Å². The Labute approximate surface area is 172 Å². The number of piperidine rings is 1. The molecule has 3 aromatic heterocycles. The highest BCUT2D eigenvalue weighted by molar-refractivity contribution is 5.94. The van der Waals surface area contributed by atoms with Crippen molar-refractivity contribution in [1.82, 2.24) is 24.8 Å². The fraction of sp³-hybridized carbons (Fsp3) is 0.353. The van der Waals surface area contributed by atoms with Crippen LogP contribution in [0, 0.1) is 16.0 Å². The Morgan fingerprint density at radius 3 is 2.61 bits per heavy atom. The van der Waals surface area contributed by atoms with Crippen LogP contribution < -0.4 is 10.2 Å². The Kier molecular flexibility index (Phi) is 5.12. The van der Waals surface area contributed by atoms with Crippen LogP contribution in [0.1, 0.15) is 18.7 Å². The predicted molar refractivity (Wildman–Crippen MR) is 100 cm³/mol. The van der Waals surface area contributed by atoms with E-state index in [1.54, 1.807) is 11.0 Å². The molecule has 1 aliphatic rings. The first-order valence-corrected chi connectivity index (χ1v) is 9.18. The smallest absolute Gasteiger partial charge is 0.355 e. The van der Waals surface area contributed by atoms with Gasteiger partial charge in [0.15, 0.2) is 5.65 Å². The minimum atomic E-state index is -4.69. The third kappa shape index (κ3) is 4.08. The maximum Gasteiger partial charge on any atom is 0.453 e. The number of nitro groups is 1. The minimum Gasteiger partial charge on any atom is -0.355 e. The number of amides is 1. The first-order chi connectivity index (χ1) is 14.7. The van der Waals surface area contributed by atoms with E-state index in [1.807, 2.05) is 0 Å². The van der Waals surface area contributed by atoms with Crippen molar-refractivity contribution in [3.8, 4) is 0 Å². The van der Waals surface area contributed by atoms with Gasteiger partial charge < -0.3 is 10.2 Å². The summed E-state index contributed by atoms with van der Waals surface area (Å²) in [5, 5.41) is 24.2. The number of carbonyl (C=O) groups excluding carboxylic acids is 1. The van der Waals surface area contributed by atoms with E-state index in [9.17, 15) is 28.1 Å². The first kappa shape index (κ1) is 20.4. The number of nitrogens with zero attached hydrogens (tertiary/aromatic N) is 7. The zero-order chi connectivity index (χ0) is 22.2. The normalized spacial score (nSPS) is 15.3. The van der Waals surface area contributed by atoms with Crippen LogP contribution in [-0.2, 0) is 11.0 Å². The summed E-state index contributed by atoms with van der Waals surface area (Å²) in [5.74, 6) is -1.68. The van der Waals surface area contributed by atoms with Gasteiger partial charge in [-0.15, -0.1) is 15.3 Å². The Morgan fingerprint density at radius 1 is 1.19 bits per heavy atom. The van der Waals surface area contributed by atoms with Crippen LogP contribution in [0.4, 0.5) is 30.4 Å². The summed E-state index contributed by atoms with van der Waals surface area (Å²) in [5.41, 5.74) is -0.267. The summed E-state index contributed by atoms with van der Waals surface area (Å²) in [7, 11) is 0. The lowest BCUT2D eigenvalue weighted by Gasteiger charge is -2.32. The van der Waals surface area contributed by atoms with Crippen molar-refractivity contribution in [2.75, 3.05) is 23.3 Å². The van der Waals surface area contributed by atoms with Crippen molar-refractivity contribution >= 4 is 28.7 Å². The molecule has 1 N–H and O–H groups in total. The van der Waals surface area contributed by atoms with E-state index >= 15 is 0 Å². The van der Waals surface area contributed by atoms with E-state index in [-0.39, 0.29) is 22.9 Å². The van der Waals surface area contributed by atoms with Gasteiger partial charge >= 0.3 is 11.9 Å². The standard InChI is InChI=1S/C17H15F3N8O3/c18-17(19,20)16-24-23-13-1-2-14(25-27(13)16)26-7-4-10(5-8-26)15(29)22-11-3-6-21-9-12(11)28(30)31/h1-3,6,9-10H,4-5,7-8H2,(H,21,22,29). The molecule has 1 aliphatic heterocycles. The van der Waals surface area contributed by atoms with Gasteiger partial charge in [-0.1, -0.05) is 0 Å². The van der Waals surface area contributed by atoms with Crippen LogP contribution >= 0.6 is 0 Å². The monoisotopic (exact) mass is 436 g/mol. The second-order valence-electron chi connectivity index (χ2n) is 6.88. The van der Waals surface area contributed by atoms with E-state index in [4.69, 9.17) is 0 Å². The van der Waals surface area contributed by atoms with Gasteiger partial charge in [-0.3, -0.25) is 19.9 Å². The topological polar surface area (TPSA) is 131 Å². The lowest BCUT2D eigenvalue weighted by atomic mass is 9.96. The van der Waals surface area contributed by atoms with Crippen LogP contribution in [0.5, 0.6) is 0 Å². The predicted octanol–water partition coefficient (Wildman–Crippen LogP) is 2.30. The van der Waals surface area contributed by atoms with E-state index in [2.05, 4.69) is 25.6 Å². The number of rotatable bonds is 4. The quantitative estimate of drug-likeness (QED) is 0.487. The van der Waals surface area contributed by atoms with Crippen molar-refractivity contribution in [3.63, 3.8) is 0 Å². The van der Waals surface area contributed by atoms with Gasteiger partial charge in [-0.25, -0.2) is 0 Å². The maximum absolute atomic E-state index is 13.1. The Balaban J connectivity index is 1.44. The van der Waals surface area contributed by atoms with E-state index in [0.717, 1.165) is 6.20 Å². The SMILES string of the molecule is O=C(Nc1ccncc1[N+](=O)[O-])C1CCN(c2ccc3nnc(C(F)(F)F)n3n2)CC1. The summed E-state index contributed by atoms with van der Waals surface area (Å²) in [6.07, 6.45) is -1.49. The third-order valence-corrected chi connectivity index (χ3v) is 4.95. The lowest BCUT2D eigenvalue weighted by Crippen LogP contribution is -2.38. The van der Waals surface area contributed by atoms with Crippen molar-refractivity contribution in [2.45, 2.75) is 19.0 Å². The van der Waals surface area contributed by atoms with Crippen LogP contribution in [0.2, 0.25) is 0 Å². The van der Waals surface area contributed by atoms with Crippen molar-refractivity contribution in [2.24, 2.45) is 5.92 Å². The average molecular weight is 436 g/mol. The third-order valence-electron chi connectivity index (χ3n) is 4.95. The fourth-order valence-electron chi connectivity index (χ4n) is 3.37. The number of halogens is 3. The zero-order valence-electron chi connectivity index (χ0n) is 15.8. The van der Waals surface area contributed by atoms with Crippen LogP contribution in [0.25, 0.3) is 5.65 Å². The van der Waals surface area contributed by atoms with E-state index < -0.39 is 22.8 Å². The number of carbonyl (C=O) groups is 1. The number of pyridine rings is 1. The number of nitrogens with one attached hydrogen (secondary N) is 1. The Hall–Kier alpha value is -3.84. The molecule has 1 amide bonds.